The molecule has 152 valence electrons. The molecule has 1 saturated heterocycles. The van der Waals surface area contributed by atoms with Crippen molar-refractivity contribution in [3.8, 4) is 5.75 Å². The van der Waals surface area contributed by atoms with Crippen molar-refractivity contribution in [2.24, 2.45) is 21.5 Å². The quantitative estimate of drug-likeness (QED) is 0.832. The Morgan fingerprint density at radius 1 is 1.11 bits per heavy atom. The Labute approximate surface area is 167 Å². The Kier molecular flexibility index (Phi) is 5.44. The number of rotatable bonds is 4. The van der Waals surface area contributed by atoms with Gasteiger partial charge >= 0.3 is 0 Å². The molecule has 2 fully saturated rings. The van der Waals surface area contributed by atoms with Crippen LogP contribution >= 0.6 is 0 Å². The monoisotopic (exact) mass is 384 g/mol. The molecule has 1 aromatic carbocycles. The summed E-state index contributed by atoms with van der Waals surface area (Å²) >= 11 is 0. The summed E-state index contributed by atoms with van der Waals surface area (Å²) in [6, 6.07) is 8.19. The molecule has 0 bridgehead atoms. The van der Waals surface area contributed by atoms with Gasteiger partial charge in [0.2, 0.25) is 11.9 Å². The van der Waals surface area contributed by atoms with Crippen LogP contribution in [0.25, 0.3) is 0 Å². The van der Waals surface area contributed by atoms with Crippen LogP contribution < -0.4 is 21.1 Å². The number of benzene rings is 1. The maximum absolute atomic E-state index is 6.30. The van der Waals surface area contributed by atoms with E-state index in [9.17, 15) is 0 Å². The second kappa shape index (κ2) is 7.99. The van der Waals surface area contributed by atoms with E-state index in [0.29, 0.717) is 5.96 Å². The Morgan fingerprint density at radius 3 is 2.57 bits per heavy atom. The Bertz CT molecular complexity index is 738. The fourth-order valence-corrected chi connectivity index (χ4v) is 4.76. The number of hydrogen-bond donors (Lipinski definition) is 2. The molecule has 2 aliphatic heterocycles. The number of hydrogen-bond acceptors (Lipinski definition) is 7. The first-order chi connectivity index (χ1) is 13.6. The lowest BCUT2D eigenvalue weighted by atomic mass is 9.87. The van der Waals surface area contributed by atoms with Crippen LogP contribution in [-0.4, -0.2) is 48.2 Å². The minimum absolute atomic E-state index is 0.259. The number of nitrogens with zero attached hydrogens (tertiary/aromatic N) is 4. The van der Waals surface area contributed by atoms with Crippen LogP contribution in [0.2, 0.25) is 0 Å². The number of likely N-dealkylation sites (N-methyl/N-ethyl adjacent to an activating group) is 1. The van der Waals surface area contributed by atoms with Gasteiger partial charge in [0.1, 0.15) is 17.5 Å². The van der Waals surface area contributed by atoms with Gasteiger partial charge in [-0.3, -0.25) is 9.80 Å². The summed E-state index contributed by atoms with van der Waals surface area (Å²) in [7, 11) is 0. The molecule has 4 N–H and O–H groups in total. The summed E-state index contributed by atoms with van der Waals surface area (Å²) in [5, 5.41) is 0. The predicted octanol–water partition coefficient (Wildman–Crippen LogP) is 2.66. The molecule has 1 unspecified atom stereocenters. The first-order valence-electron chi connectivity index (χ1n) is 10.6. The van der Waals surface area contributed by atoms with E-state index in [-0.39, 0.29) is 12.1 Å². The molecule has 1 aliphatic carbocycles. The maximum atomic E-state index is 6.30. The normalized spacial score (nSPS) is 25.3. The largest absolute Gasteiger partial charge is 0.489 e. The molecule has 2 heterocycles. The molecule has 3 aliphatic rings. The Morgan fingerprint density at radius 2 is 1.86 bits per heavy atom. The smallest absolute Gasteiger partial charge is 0.220 e. The molecular weight excluding hydrogens is 352 g/mol. The molecule has 0 amide bonds. The second-order valence-electron chi connectivity index (χ2n) is 8.09. The van der Waals surface area contributed by atoms with E-state index in [4.69, 9.17) is 21.2 Å². The fraction of sp³-hybridized carbons (Fsp3) is 0.619. The van der Waals surface area contributed by atoms with Gasteiger partial charge in [0, 0.05) is 12.2 Å². The number of likely N-dealkylation sites (tertiary alicyclic amines) is 1. The van der Waals surface area contributed by atoms with Crippen molar-refractivity contribution in [3.63, 3.8) is 0 Å². The highest BCUT2D eigenvalue weighted by Gasteiger charge is 2.42. The topological polar surface area (TPSA) is 92.5 Å². The summed E-state index contributed by atoms with van der Waals surface area (Å²) in [5.41, 5.74) is 12.8. The third-order valence-corrected chi connectivity index (χ3v) is 6.16. The molecular formula is C21H32N6O. The first kappa shape index (κ1) is 19.1. The third kappa shape index (κ3) is 3.81. The summed E-state index contributed by atoms with van der Waals surface area (Å²) in [4.78, 5) is 13.5. The Hall–Kier alpha value is -2.28. The summed E-state index contributed by atoms with van der Waals surface area (Å²) in [5.74, 6) is 1.61. The molecule has 28 heavy (non-hydrogen) atoms. The zero-order valence-electron chi connectivity index (χ0n) is 16.8. The Balaban J connectivity index is 1.51. The number of anilines is 1. The van der Waals surface area contributed by atoms with Crippen molar-refractivity contribution in [1.29, 1.82) is 0 Å². The number of guanidine groups is 2. The molecule has 0 aromatic heterocycles. The van der Waals surface area contributed by atoms with Gasteiger partial charge < -0.3 is 16.2 Å². The fourth-order valence-electron chi connectivity index (χ4n) is 4.76. The molecule has 1 aromatic rings. The van der Waals surface area contributed by atoms with E-state index in [1.54, 1.807) is 0 Å². The average molecular weight is 385 g/mol. The van der Waals surface area contributed by atoms with E-state index in [1.807, 2.05) is 12.1 Å². The van der Waals surface area contributed by atoms with Crippen LogP contribution in [0.4, 0.5) is 5.69 Å². The zero-order chi connectivity index (χ0) is 19.6. The van der Waals surface area contributed by atoms with Crippen LogP contribution in [-0.2, 0) is 0 Å². The van der Waals surface area contributed by atoms with Crippen LogP contribution in [0.3, 0.4) is 0 Å². The molecule has 1 spiro atoms. The molecule has 1 saturated carbocycles. The lowest BCUT2D eigenvalue weighted by Crippen LogP contribution is -2.58. The SMILES string of the molecule is CCN1CCCC(Oc2ccc(N3C(N)=NC(N)=NC34CCCCC4)cc2)C1. The van der Waals surface area contributed by atoms with Gasteiger partial charge in [0.05, 0.1) is 0 Å². The van der Waals surface area contributed by atoms with Crippen molar-refractivity contribution < 1.29 is 4.74 Å². The summed E-state index contributed by atoms with van der Waals surface area (Å²) < 4.78 is 6.24. The van der Waals surface area contributed by atoms with Gasteiger partial charge in [0.25, 0.3) is 0 Å². The standard InChI is InChI=1S/C21H32N6O/c1-2-26-14-6-7-18(15-26)28-17-10-8-16(9-11-17)27-20(23)24-19(22)25-21(27)12-4-3-5-13-21/h8-11,18H,2-7,12-15H2,1H3,(H4,22,23,24,25). The van der Waals surface area contributed by atoms with Gasteiger partial charge in [-0.2, -0.15) is 4.99 Å². The number of nitrogens with two attached hydrogens (primary N) is 2. The molecule has 0 radical (unpaired) electrons. The zero-order valence-corrected chi connectivity index (χ0v) is 16.8. The lowest BCUT2D eigenvalue weighted by Gasteiger charge is -2.45. The second-order valence-corrected chi connectivity index (χ2v) is 8.09. The van der Waals surface area contributed by atoms with Crippen molar-refractivity contribution in [2.75, 3.05) is 24.5 Å². The van der Waals surface area contributed by atoms with Crippen molar-refractivity contribution >= 4 is 17.6 Å². The highest BCUT2D eigenvalue weighted by molar-refractivity contribution is 6.05. The minimum Gasteiger partial charge on any atom is -0.489 e. The van der Waals surface area contributed by atoms with Gasteiger partial charge in [-0.1, -0.05) is 13.3 Å². The van der Waals surface area contributed by atoms with E-state index in [2.05, 4.69) is 33.8 Å². The summed E-state index contributed by atoms with van der Waals surface area (Å²) in [6.45, 7) is 5.46. The van der Waals surface area contributed by atoms with E-state index >= 15 is 0 Å². The van der Waals surface area contributed by atoms with Gasteiger partial charge in [-0.05, 0) is 75.9 Å². The number of aliphatic imine (C=N–C) groups is 2. The first-order valence-corrected chi connectivity index (χ1v) is 10.6. The minimum atomic E-state index is -0.401. The lowest BCUT2D eigenvalue weighted by molar-refractivity contribution is 0.0920. The predicted molar refractivity (Wildman–Crippen MR) is 114 cm³/mol. The van der Waals surface area contributed by atoms with Gasteiger partial charge in [-0.25, -0.2) is 4.99 Å². The van der Waals surface area contributed by atoms with Crippen LogP contribution in [0.1, 0.15) is 51.9 Å². The van der Waals surface area contributed by atoms with Crippen LogP contribution in [0.15, 0.2) is 34.3 Å². The van der Waals surface area contributed by atoms with Gasteiger partial charge in [-0.15, -0.1) is 0 Å². The molecule has 1 atom stereocenters. The molecule has 7 nitrogen and oxygen atoms in total. The van der Waals surface area contributed by atoms with E-state index in [1.165, 1.54) is 19.4 Å². The van der Waals surface area contributed by atoms with E-state index < -0.39 is 5.66 Å². The summed E-state index contributed by atoms with van der Waals surface area (Å²) in [6.07, 6.45) is 7.92. The molecule has 4 rings (SSSR count). The number of piperidine rings is 1. The van der Waals surface area contributed by atoms with E-state index in [0.717, 1.165) is 56.6 Å². The van der Waals surface area contributed by atoms with Crippen molar-refractivity contribution in [2.45, 2.75) is 63.6 Å². The van der Waals surface area contributed by atoms with Crippen LogP contribution in [0.5, 0.6) is 5.75 Å². The maximum Gasteiger partial charge on any atom is 0.220 e. The third-order valence-electron chi connectivity index (χ3n) is 6.16. The van der Waals surface area contributed by atoms with Crippen LogP contribution in [0, 0.1) is 0 Å². The highest BCUT2D eigenvalue weighted by Crippen LogP contribution is 2.39. The highest BCUT2D eigenvalue weighted by atomic mass is 16.5. The van der Waals surface area contributed by atoms with Gasteiger partial charge in [0.15, 0.2) is 0 Å². The number of ether oxygens (including phenoxy) is 1. The average Bonchev–Trinajstić information content (AvgIpc) is 2.69. The van der Waals surface area contributed by atoms with Crippen molar-refractivity contribution in [1.82, 2.24) is 4.90 Å². The molecule has 7 heteroatoms. The van der Waals surface area contributed by atoms with Crippen molar-refractivity contribution in [3.05, 3.63) is 24.3 Å².